The second kappa shape index (κ2) is 13.3. The Balaban J connectivity index is 0.00000338. The quantitative estimate of drug-likeness (QED) is 0.273. The summed E-state index contributed by atoms with van der Waals surface area (Å²) in [6.07, 6.45) is 1.26. The van der Waals surface area contributed by atoms with Crippen LogP contribution < -0.4 is 10.6 Å². The Morgan fingerprint density at radius 1 is 1.08 bits per heavy atom. The molecule has 2 rings (SSSR count). The van der Waals surface area contributed by atoms with Gasteiger partial charge in [-0.25, -0.2) is 0 Å². The number of halogens is 1. The number of likely N-dealkylation sites (N-methyl/N-ethyl adjacent to an activating group) is 1. The number of guanidine groups is 1. The Kier molecular flexibility index (Phi) is 11.8. The lowest BCUT2D eigenvalue weighted by molar-refractivity contribution is 0.203. The monoisotopic (exact) mass is 475 g/mol. The zero-order valence-electron chi connectivity index (χ0n) is 16.3. The first-order valence-electron chi connectivity index (χ1n) is 9.13. The lowest BCUT2D eigenvalue weighted by atomic mass is 10.1. The fourth-order valence-corrected chi connectivity index (χ4v) is 2.96. The first-order valence-corrected chi connectivity index (χ1v) is 9.13. The number of nitrogens with one attached hydrogen (secondary N) is 2. The van der Waals surface area contributed by atoms with Crippen molar-refractivity contribution < 1.29 is 4.74 Å². The molecular formula is C19H34IN5O. The van der Waals surface area contributed by atoms with E-state index in [-0.39, 0.29) is 24.0 Å². The van der Waals surface area contributed by atoms with Gasteiger partial charge in [0.15, 0.2) is 5.96 Å². The van der Waals surface area contributed by atoms with E-state index in [2.05, 4.69) is 56.7 Å². The molecule has 0 aliphatic carbocycles. The molecule has 1 aliphatic rings. The predicted molar refractivity (Wildman–Crippen MR) is 119 cm³/mol. The maximum atomic E-state index is 5.04. The molecule has 1 saturated heterocycles. The molecule has 1 aromatic carbocycles. The first-order chi connectivity index (χ1) is 12.2. The third kappa shape index (κ3) is 8.66. The minimum atomic E-state index is 0. The van der Waals surface area contributed by atoms with E-state index in [0.717, 1.165) is 38.7 Å². The molecule has 2 N–H and O–H groups in total. The lowest BCUT2D eigenvalue weighted by Crippen LogP contribution is -2.38. The number of rotatable bonds is 7. The maximum absolute atomic E-state index is 5.04. The number of ether oxygens (including phenoxy) is 1. The highest BCUT2D eigenvalue weighted by molar-refractivity contribution is 14.0. The molecule has 0 saturated carbocycles. The van der Waals surface area contributed by atoms with Gasteiger partial charge in [0.2, 0.25) is 0 Å². The molecule has 1 heterocycles. The minimum absolute atomic E-state index is 0. The van der Waals surface area contributed by atoms with Gasteiger partial charge in [0.1, 0.15) is 0 Å². The molecule has 26 heavy (non-hydrogen) atoms. The Bertz CT molecular complexity index is 523. The second-order valence-electron chi connectivity index (χ2n) is 6.59. The normalized spacial score (nSPS) is 16.7. The van der Waals surface area contributed by atoms with Crippen LogP contribution in [0.3, 0.4) is 0 Å². The van der Waals surface area contributed by atoms with E-state index in [0.29, 0.717) is 6.61 Å². The molecule has 7 heteroatoms. The van der Waals surface area contributed by atoms with Gasteiger partial charge in [0.25, 0.3) is 0 Å². The topological polar surface area (TPSA) is 52.1 Å². The van der Waals surface area contributed by atoms with Crippen molar-refractivity contribution in [2.75, 3.05) is 60.5 Å². The average Bonchev–Trinajstić information content (AvgIpc) is 2.83. The first kappa shape index (κ1) is 23.1. The summed E-state index contributed by atoms with van der Waals surface area (Å²) in [4.78, 5) is 9.19. The lowest BCUT2D eigenvalue weighted by Gasteiger charge is -2.20. The molecule has 0 bridgehead atoms. The Hall–Kier alpha value is -0.900. The van der Waals surface area contributed by atoms with E-state index in [1.165, 1.54) is 30.6 Å². The van der Waals surface area contributed by atoms with Crippen molar-refractivity contribution in [2.45, 2.75) is 19.5 Å². The zero-order valence-corrected chi connectivity index (χ0v) is 18.7. The molecule has 1 fully saturated rings. The van der Waals surface area contributed by atoms with Crippen molar-refractivity contribution in [3.63, 3.8) is 0 Å². The van der Waals surface area contributed by atoms with Gasteiger partial charge in [-0.05, 0) is 37.7 Å². The van der Waals surface area contributed by atoms with Crippen molar-refractivity contribution in [2.24, 2.45) is 4.99 Å². The van der Waals surface area contributed by atoms with Crippen LogP contribution in [0.1, 0.15) is 17.5 Å². The van der Waals surface area contributed by atoms with E-state index in [4.69, 9.17) is 4.74 Å². The summed E-state index contributed by atoms with van der Waals surface area (Å²) >= 11 is 0. The van der Waals surface area contributed by atoms with Gasteiger partial charge in [-0.15, -0.1) is 24.0 Å². The van der Waals surface area contributed by atoms with Crippen molar-refractivity contribution in [1.29, 1.82) is 0 Å². The molecule has 0 spiro atoms. The van der Waals surface area contributed by atoms with Crippen molar-refractivity contribution in [3.8, 4) is 0 Å². The van der Waals surface area contributed by atoms with Crippen LogP contribution in [0.4, 0.5) is 0 Å². The Morgan fingerprint density at radius 2 is 1.81 bits per heavy atom. The molecule has 1 aliphatic heterocycles. The summed E-state index contributed by atoms with van der Waals surface area (Å²) in [6, 6.07) is 8.89. The van der Waals surface area contributed by atoms with Crippen LogP contribution in [0.5, 0.6) is 0 Å². The Labute approximate surface area is 175 Å². The van der Waals surface area contributed by atoms with Gasteiger partial charge in [-0.3, -0.25) is 9.89 Å². The van der Waals surface area contributed by atoms with Crippen LogP contribution >= 0.6 is 24.0 Å². The van der Waals surface area contributed by atoms with Crippen LogP contribution in [0.2, 0.25) is 0 Å². The molecule has 0 amide bonds. The molecule has 148 valence electrons. The highest BCUT2D eigenvalue weighted by Crippen LogP contribution is 2.10. The van der Waals surface area contributed by atoms with E-state index in [1.54, 1.807) is 14.2 Å². The predicted octanol–water partition coefficient (Wildman–Crippen LogP) is 1.75. The SMILES string of the molecule is CN=C(NCCOC)NCc1ccc(CN2CCCN(C)CC2)cc1.I. The molecule has 6 nitrogen and oxygen atoms in total. The van der Waals surface area contributed by atoms with Crippen molar-refractivity contribution in [1.82, 2.24) is 20.4 Å². The summed E-state index contributed by atoms with van der Waals surface area (Å²) in [6.45, 7) is 7.95. The van der Waals surface area contributed by atoms with E-state index in [9.17, 15) is 0 Å². The third-order valence-corrected chi connectivity index (χ3v) is 4.52. The minimum Gasteiger partial charge on any atom is -0.383 e. The summed E-state index contributed by atoms with van der Waals surface area (Å²) in [7, 11) is 5.69. The van der Waals surface area contributed by atoms with Crippen LogP contribution in [-0.2, 0) is 17.8 Å². The maximum Gasteiger partial charge on any atom is 0.191 e. The smallest absolute Gasteiger partial charge is 0.191 e. The number of hydrogen-bond acceptors (Lipinski definition) is 4. The molecule has 0 radical (unpaired) electrons. The molecule has 0 aromatic heterocycles. The van der Waals surface area contributed by atoms with Crippen molar-refractivity contribution >= 4 is 29.9 Å². The number of nitrogens with zero attached hydrogens (tertiary/aromatic N) is 3. The highest BCUT2D eigenvalue weighted by Gasteiger charge is 2.12. The van der Waals surface area contributed by atoms with Gasteiger partial charge in [0, 0.05) is 46.9 Å². The van der Waals surface area contributed by atoms with Crippen LogP contribution in [0.15, 0.2) is 29.3 Å². The van der Waals surface area contributed by atoms with Gasteiger partial charge >= 0.3 is 0 Å². The summed E-state index contributed by atoms with van der Waals surface area (Å²) < 4.78 is 5.04. The molecule has 1 aromatic rings. The van der Waals surface area contributed by atoms with Gasteiger partial charge < -0.3 is 20.3 Å². The van der Waals surface area contributed by atoms with E-state index < -0.39 is 0 Å². The standard InChI is InChI=1S/C19H33N5O.HI/c1-20-19(21-9-14-25-3)22-15-17-5-7-18(8-6-17)16-24-11-4-10-23(2)12-13-24;/h5-8H,4,9-16H2,1-3H3,(H2,20,21,22);1H. The van der Waals surface area contributed by atoms with Crippen molar-refractivity contribution in [3.05, 3.63) is 35.4 Å². The average molecular weight is 475 g/mol. The van der Waals surface area contributed by atoms with Crippen LogP contribution in [0, 0.1) is 0 Å². The van der Waals surface area contributed by atoms with E-state index >= 15 is 0 Å². The second-order valence-corrected chi connectivity index (χ2v) is 6.59. The summed E-state index contributed by atoms with van der Waals surface area (Å²) in [5, 5.41) is 6.54. The van der Waals surface area contributed by atoms with Crippen LogP contribution in [-0.4, -0.2) is 76.3 Å². The highest BCUT2D eigenvalue weighted by atomic mass is 127. The summed E-state index contributed by atoms with van der Waals surface area (Å²) in [5.74, 6) is 0.801. The molecule has 0 unspecified atom stereocenters. The fraction of sp³-hybridized carbons (Fsp3) is 0.632. The number of aliphatic imine (C=N–C) groups is 1. The van der Waals surface area contributed by atoms with E-state index in [1.807, 2.05) is 0 Å². The van der Waals surface area contributed by atoms with Gasteiger partial charge in [-0.2, -0.15) is 0 Å². The zero-order chi connectivity index (χ0) is 17.9. The molecule has 0 atom stereocenters. The number of methoxy groups -OCH3 is 1. The fourth-order valence-electron chi connectivity index (χ4n) is 2.96. The van der Waals surface area contributed by atoms with Crippen LogP contribution in [0.25, 0.3) is 0 Å². The van der Waals surface area contributed by atoms with Gasteiger partial charge in [0.05, 0.1) is 6.61 Å². The van der Waals surface area contributed by atoms with Gasteiger partial charge in [-0.1, -0.05) is 24.3 Å². The largest absolute Gasteiger partial charge is 0.383 e. The molecular weight excluding hydrogens is 441 g/mol. The number of hydrogen-bond donors (Lipinski definition) is 2. The number of benzene rings is 1. The summed E-state index contributed by atoms with van der Waals surface area (Å²) in [5.41, 5.74) is 2.64. The third-order valence-electron chi connectivity index (χ3n) is 4.52. The Morgan fingerprint density at radius 3 is 2.50 bits per heavy atom.